The first-order chi connectivity index (χ1) is 8.09. The van der Waals surface area contributed by atoms with Crippen LogP contribution in [0.4, 0.5) is 0 Å². The maximum absolute atomic E-state index is 11.3. The van der Waals surface area contributed by atoms with Crippen LogP contribution in [-0.4, -0.2) is 46.7 Å². The second-order valence-electron chi connectivity index (χ2n) is 3.70. The van der Waals surface area contributed by atoms with Gasteiger partial charge in [0.1, 0.15) is 0 Å². The van der Waals surface area contributed by atoms with Crippen LogP contribution >= 0.6 is 0 Å². The van der Waals surface area contributed by atoms with Gasteiger partial charge in [0.05, 0.1) is 6.20 Å². The van der Waals surface area contributed by atoms with Gasteiger partial charge in [-0.2, -0.15) is 15.4 Å². The molecule has 0 aromatic carbocycles. The molecular weight excluding hydrogens is 226 g/mol. The van der Waals surface area contributed by atoms with E-state index in [1.165, 1.54) is 10.9 Å². The van der Waals surface area contributed by atoms with Crippen molar-refractivity contribution < 1.29 is 9.90 Å². The molecular formula is C8H11N7O2. The van der Waals surface area contributed by atoms with E-state index in [0.29, 0.717) is 12.1 Å². The fourth-order valence-corrected chi connectivity index (χ4v) is 1.38. The zero-order chi connectivity index (χ0) is 12.5. The number of carboxylic acids is 1. The van der Waals surface area contributed by atoms with E-state index in [1.54, 1.807) is 13.8 Å². The highest BCUT2D eigenvalue weighted by Gasteiger charge is 2.37. The van der Waals surface area contributed by atoms with Gasteiger partial charge >= 0.3 is 5.97 Å². The summed E-state index contributed by atoms with van der Waals surface area (Å²) in [5, 5.41) is 30.2. The molecule has 0 fully saturated rings. The summed E-state index contributed by atoms with van der Waals surface area (Å²) in [6, 6.07) is 0. The molecule has 1 atom stereocenters. The first-order valence-electron chi connectivity index (χ1n) is 4.98. The van der Waals surface area contributed by atoms with Crippen LogP contribution in [0, 0.1) is 0 Å². The monoisotopic (exact) mass is 237 g/mol. The average molecular weight is 237 g/mol. The number of hydrogen-bond acceptors (Lipinski definition) is 6. The number of H-pyrrole nitrogens is 1. The minimum Gasteiger partial charge on any atom is -0.479 e. The highest BCUT2D eigenvalue weighted by molar-refractivity contribution is 5.76. The lowest BCUT2D eigenvalue weighted by molar-refractivity contribution is -0.147. The number of carbonyl (C=O) groups is 1. The van der Waals surface area contributed by atoms with Crippen LogP contribution in [0.1, 0.15) is 20.3 Å². The number of nitrogens with one attached hydrogen (secondary N) is 1. The van der Waals surface area contributed by atoms with Gasteiger partial charge in [0.15, 0.2) is 11.2 Å². The largest absolute Gasteiger partial charge is 0.479 e. The van der Waals surface area contributed by atoms with Gasteiger partial charge in [0.2, 0.25) is 5.82 Å². The molecule has 2 rings (SSSR count). The standard InChI is InChI=1S/C8H11N7O2/c1-3-8(2,7(16)17)15-6(11-13-14-15)5-4-9-12-10-5/h4H,3H2,1-2H3,(H,16,17)(H,9,10,12). The summed E-state index contributed by atoms with van der Waals surface area (Å²) >= 11 is 0. The Balaban J connectivity index is 2.54. The number of aromatic amines is 1. The summed E-state index contributed by atoms with van der Waals surface area (Å²) in [6.07, 6.45) is 1.78. The topological polar surface area (TPSA) is 122 Å². The van der Waals surface area contributed by atoms with Crippen LogP contribution in [0.25, 0.3) is 11.5 Å². The summed E-state index contributed by atoms with van der Waals surface area (Å²) < 4.78 is 1.24. The van der Waals surface area contributed by atoms with Crippen LogP contribution in [0.15, 0.2) is 6.20 Å². The van der Waals surface area contributed by atoms with Crippen molar-refractivity contribution in [3.63, 3.8) is 0 Å². The van der Waals surface area contributed by atoms with E-state index in [1.807, 2.05) is 0 Å². The second kappa shape index (κ2) is 3.92. The Hall–Kier alpha value is -2.32. The van der Waals surface area contributed by atoms with E-state index in [4.69, 9.17) is 0 Å². The first kappa shape index (κ1) is 11.2. The Labute approximate surface area is 95.8 Å². The zero-order valence-electron chi connectivity index (χ0n) is 9.32. The molecule has 0 aliphatic rings. The molecule has 90 valence electrons. The van der Waals surface area contributed by atoms with Crippen LogP contribution in [0.3, 0.4) is 0 Å². The van der Waals surface area contributed by atoms with E-state index in [0.717, 1.165) is 0 Å². The number of rotatable bonds is 4. The normalized spacial score (nSPS) is 14.5. The third kappa shape index (κ3) is 1.65. The Morgan fingerprint density at radius 1 is 1.65 bits per heavy atom. The van der Waals surface area contributed by atoms with Crippen LogP contribution < -0.4 is 0 Å². The lowest BCUT2D eigenvalue weighted by atomic mass is 9.99. The van der Waals surface area contributed by atoms with Crippen molar-refractivity contribution in [1.29, 1.82) is 0 Å². The third-order valence-electron chi connectivity index (χ3n) is 2.73. The van der Waals surface area contributed by atoms with E-state index >= 15 is 0 Å². The molecule has 2 aromatic rings. The molecule has 0 aliphatic heterocycles. The third-order valence-corrected chi connectivity index (χ3v) is 2.73. The minimum atomic E-state index is -1.21. The van der Waals surface area contributed by atoms with E-state index in [-0.39, 0.29) is 5.82 Å². The molecule has 2 heterocycles. The Kier molecular flexibility index (Phi) is 2.58. The maximum atomic E-state index is 11.3. The fraction of sp³-hybridized carbons (Fsp3) is 0.500. The van der Waals surface area contributed by atoms with E-state index < -0.39 is 11.5 Å². The molecule has 2 aromatic heterocycles. The summed E-state index contributed by atoms with van der Waals surface area (Å²) in [5.74, 6) is -0.734. The molecule has 0 aliphatic carbocycles. The Morgan fingerprint density at radius 3 is 2.94 bits per heavy atom. The number of nitrogens with zero attached hydrogens (tertiary/aromatic N) is 6. The molecule has 1 unspecified atom stereocenters. The van der Waals surface area contributed by atoms with Crippen molar-refractivity contribution in [2.45, 2.75) is 25.8 Å². The highest BCUT2D eigenvalue weighted by atomic mass is 16.4. The molecule has 0 bridgehead atoms. The lowest BCUT2D eigenvalue weighted by Crippen LogP contribution is -2.39. The van der Waals surface area contributed by atoms with Gasteiger partial charge in [-0.15, -0.1) is 5.10 Å². The Bertz CT molecular complexity index is 520. The van der Waals surface area contributed by atoms with Crippen molar-refractivity contribution in [2.75, 3.05) is 0 Å². The summed E-state index contributed by atoms with van der Waals surface area (Å²) in [4.78, 5) is 11.3. The average Bonchev–Trinajstić information content (AvgIpc) is 2.97. The molecule has 2 N–H and O–H groups in total. The van der Waals surface area contributed by atoms with Gasteiger partial charge in [0.25, 0.3) is 0 Å². The van der Waals surface area contributed by atoms with Gasteiger partial charge in [-0.1, -0.05) is 6.92 Å². The van der Waals surface area contributed by atoms with Crippen molar-refractivity contribution in [3.05, 3.63) is 6.20 Å². The fourth-order valence-electron chi connectivity index (χ4n) is 1.38. The van der Waals surface area contributed by atoms with Crippen molar-refractivity contribution in [2.24, 2.45) is 0 Å². The van der Waals surface area contributed by atoms with Gasteiger partial charge in [-0.3, -0.25) is 0 Å². The van der Waals surface area contributed by atoms with Crippen LogP contribution in [-0.2, 0) is 10.3 Å². The van der Waals surface area contributed by atoms with Crippen molar-refractivity contribution in [1.82, 2.24) is 35.6 Å². The number of aromatic nitrogens is 7. The summed E-state index contributed by atoms with van der Waals surface area (Å²) in [7, 11) is 0. The Morgan fingerprint density at radius 2 is 2.41 bits per heavy atom. The molecule has 0 radical (unpaired) electrons. The number of hydrogen-bond donors (Lipinski definition) is 2. The SMILES string of the molecule is CCC(C)(C(=O)O)n1nnnc1-c1cn[nH]n1. The lowest BCUT2D eigenvalue weighted by Gasteiger charge is -2.23. The van der Waals surface area contributed by atoms with Crippen LogP contribution in [0.5, 0.6) is 0 Å². The van der Waals surface area contributed by atoms with Crippen molar-refractivity contribution >= 4 is 5.97 Å². The predicted molar refractivity (Wildman–Crippen MR) is 54.8 cm³/mol. The molecule has 0 saturated carbocycles. The first-order valence-corrected chi connectivity index (χ1v) is 4.98. The van der Waals surface area contributed by atoms with Gasteiger partial charge in [0, 0.05) is 0 Å². The molecule has 17 heavy (non-hydrogen) atoms. The molecule has 9 heteroatoms. The summed E-state index contributed by atoms with van der Waals surface area (Å²) in [6.45, 7) is 3.30. The number of tetrazole rings is 1. The van der Waals surface area contributed by atoms with Gasteiger partial charge in [-0.05, 0) is 23.8 Å². The second-order valence-corrected chi connectivity index (χ2v) is 3.70. The molecule has 0 saturated heterocycles. The van der Waals surface area contributed by atoms with E-state index in [9.17, 15) is 9.90 Å². The maximum Gasteiger partial charge on any atom is 0.331 e. The van der Waals surface area contributed by atoms with Gasteiger partial charge in [-0.25, -0.2) is 9.48 Å². The molecule has 9 nitrogen and oxygen atoms in total. The summed E-state index contributed by atoms with van der Waals surface area (Å²) in [5.41, 5.74) is -0.812. The van der Waals surface area contributed by atoms with Crippen molar-refractivity contribution in [3.8, 4) is 11.5 Å². The van der Waals surface area contributed by atoms with Crippen LogP contribution in [0.2, 0.25) is 0 Å². The highest BCUT2D eigenvalue weighted by Crippen LogP contribution is 2.24. The zero-order valence-corrected chi connectivity index (χ0v) is 9.32. The predicted octanol–water partition coefficient (Wildman–Crippen LogP) is -0.332. The molecule has 0 amide bonds. The minimum absolute atomic E-state index is 0.269. The number of aliphatic carboxylic acids is 1. The molecule has 0 spiro atoms. The smallest absolute Gasteiger partial charge is 0.331 e. The van der Waals surface area contributed by atoms with E-state index in [2.05, 4.69) is 30.9 Å². The quantitative estimate of drug-likeness (QED) is 0.746. The van der Waals surface area contributed by atoms with Gasteiger partial charge < -0.3 is 5.11 Å². The number of carboxylic acid groups (broad SMARTS) is 1.